The molecule has 2 saturated carbocycles. The predicted molar refractivity (Wildman–Crippen MR) is 177 cm³/mol. The molecule has 0 unspecified atom stereocenters. The van der Waals surface area contributed by atoms with Gasteiger partial charge in [-0.25, -0.2) is 15.0 Å². The van der Waals surface area contributed by atoms with E-state index in [1.165, 1.54) is 11.6 Å². The first-order valence-corrected chi connectivity index (χ1v) is 16.9. The molecule has 0 spiro atoms. The smallest absolute Gasteiger partial charge is 0.245 e. The number of hydrogen-bond acceptors (Lipinski definition) is 10. The van der Waals surface area contributed by atoms with E-state index in [0.717, 1.165) is 30.5 Å². The molecule has 244 valence electrons. The summed E-state index contributed by atoms with van der Waals surface area (Å²) in [7, 11) is 0. The number of carbonyl (C=O) groups is 3. The second-order valence-corrected chi connectivity index (χ2v) is 14.2. The van der Waals surface area contributed by atoms with Crippen LogP contribution in [-0.4, -0.2) is 79.2 Å². The molecule has 1 saturated heterocycles. The van der Waals surface area contributed by atoms with Gasteiger partial charge in [-0.15, -0.1) is 5.10 Å². The Morgan fingerprint density at radius 3 is 2.58 bits per heavy atom. The summed E-state index contributed by atoms with van der Waals surface area (Å²) >= 11 is 3.43. The summed E-state index contributed by atoms with van der Waals surface area (Å²) < 4.78 is 4.07. The van der Waals surface area contributed by atoms with E-state index in [9.17, 15) is 14.4 Å². The molecule has 1 aliphatic heterocycles. The van der Waals surface area contributed by atoms with Crippen molar-refractivity contribution >= 4 is 44.3 Å². The van der Waals surface area contributed by atoms with Gasteiger partial charge in [-0.3, -0.25) is 28.7 Å². The van der Waals surface area contributed by atoms with E-state index in [2.05, 4.69) is 51.3 Å². The molecule has 0 aromatic carbocycles. The number of fused-ring (bicyclic) bond motifs is 2. The molecular formula is C34H33BrN10O3. The standard InChI is InChI=1S/C34H33BrN10O3/c1-18-4-7-31(35)39-24(18)9-29(47)27-10-34(17-43-15-26(40-42-43)21-5-6-21)11-30(34)45(27)32(48)16-44-28-14-38-25(22-12-36-20(3)37-13-22)8-23(28)33(41-44)19(2)46/h4,7-8,12-15,21,27,30H,5-6,9-11,16-17H2,1-3H3/t27-,30+,34-/m0/s1. The highest BCUT2D eigenvalue weighted by molar-refractivity contribution is 9.10. The summed E-state index contributed by atoms with van der Waals surface area (Å²) in [5, 5.41) is 14.0. The first-order chi connectivity index (χ1) is 23.1. The van der Waals surface area contributed by atoms with Crippen LogP contribution in [0.5, 0.6) is 0 Å². The van der Waals surface area contributed by atoms with Gasteiger partial charge in [0.25, 0.3) is 0 Å². The number of aromatic nitrogens is 9. The molecule has 48 heavy (non-hydrogen) atoms. The Morgan fingerprint density at radius 2 is 1.83 bits per heavy atom. The van der Waals surface area contributed by atoms with E-state index < -0.39 is 6.04 Å². The van der Waals surface area contributed by atoms with Crippen LogP contribution >= 0.6 is 15.9 Å². The van der Waals surface area contributed by atoms with Crippen molar-refractivity contribution in [3.63, 3.8) is 0 Å². The third-order valence-corrected chi connectivity index (χ3v) is 10.4. The molecule has 3 fully saturated rings. The highest BCUT2D eigenvalue weighted by Crippen LogP contribution is 2.61. The van der Waals surface area contributed by atoms with Crippen LogP contribution < -0.4 is 0 Å². The summed E-state index contributed by atoms with van der Waals surface area (Å²) in [6, 6.07) is 4.82. The first-order valence-electron chi connectivity index (χ1n) is 16.1. The van der Waals surface area contributed by atoms with E-state index in [1.807, 2.05) is 29.9 Å². The summed E-state index contributed by atoms with van der Waals surface area (Å²) in [5.74, 6) is 0.616. The molecule has 3 aliphatic rings. The molecule has 8 rings (SSSR count). The largest absolute Gasteiger partial charge is 0.327 e. The Morgan fingerprint density at radius 1 is 1.04 bits per heavy atom. The van der Waals surface area contributed by atoms with Gasteiger partial charge in [0.1, 0.15) is 22.7 Å². The Balaban J connectivity index is 1.10. The second kappa shape index (κ2) is 11.5. The van der Waals surface area contributed by atoms with Crippen LogP contribution in [0.15, 0.2) is 47.6 Å². The first kappa shape index (κ1) is 30.6. The summed E-state index contributed by atoms with van der Waals surface area (Å²) in [4.78, 5) is 60.5. The minimum atomic E-state index is -0.622. The fourth-order valence-electron chi connectivity index (χ4n) is 7.12. The van der Waals surface area contributed by atoms with Crippen molar-refractivity contribution in [1.82, 2.24) is 49.6 Å². The Bertz CT molecular complexity index is 2120. The van der Waals surface area contributed by atoms with Crippen molar-refractivity contribution in [3.05, 3.63) is 76.1 Å². The van der Waals surface area contributed by atoms with Gasteiger partial charge < -0.3 is 4.90 Å². The highest BCUT2D eigenvalue weighted by Gasteiger charge is 2.67. The zero-order chi connectivity index (χ0) is 33.3. The second-order valence-electron chi connectivity index (χ2n) is 13.4. The van der Waals surface area contributed by atoms with Crippen molar-refractivity contribution in [1.29, 1.82) is 0 Å². The van der Waals surface area contributed by atoms with Gasteiger partial charge in [0.15, 0.2) is 11.6 Å². The lowest BCUT2D eigenvalue weighted by molar-refractivity contribution is -0.139. The fourth-order valence-corrected chi connectivity index (χ4v) is 7.47. The normalized spacial score (nSPS) is 21.5. The number of rotatable bonds is 10. The summed E-state index contributed by atoms with van der Waals surface area (Å²) in [6.07, 6.45) is 10.7. The summed E-state index contributed by atoms with van der Waals surface area (Å²) in [6.45, 7) is 5.64. The van der Waals surface area contributed by atoms with Crippen LogP contribution in [0.3, 0.4) is 0 Å². The van der Waals surface area contributed by atoms with Crippen molar-refractivity contribution in [2.75, 3.05) is 0 Å². The molecule has 3 atom stereocenters. The van der Waals surface area contributed by atoms with E-state index in [0.29, 0.717) is 57.2 Å². The van der Waals surface area contributed by atoms with E-state index in [-0.39, 0.29) is 47.6 Å². The number of ketones is 2. The van der Waals surface area contributed by atoms with Gasteiger partial charge in [-0.05, 0) is 73.2 Å². The zero-order valence-electron chi connectivity index (χ0n) is 26.8. The van der Waals surface area contributed by atoms with Crippen molar-refractivity contribution < 1.29 is 14.4 Å². The summed E-state index contributed by atoms with van der Waals surface area (Å²) in [5.41, 5.74) is 4.45. The van der Waals surface area contributed by atoms with Crippen molar-refractivity contribution in [3.8, 4) is 11.3 Å². The number of hydrogen-bond donors (Lipinski definition) is 0. The minimum Gasteiger partial charge on any atom is -0.327 e. The topological polar surface area (TPSA) is 155 Å². The van der Waals surface area contributed by atoms with Gasteiger partial charge in [-0.1, -0.05) is 11.3 Å². The number of nitrogens with zero attached hydrogens (tertiary/aromatic N) is 10. The molecule has 0 radical (unpaired) electrons. The Labute approximate surface area is 284 Å². The number of amides is 1. The number of Topliss-reactive ketones (excluding diaryl/α,β-unsaturated/α-hetero) is 2. The minimum absolute atomic E-state index is 0.0535. The average Bonchev–Trinajstić information content (AvgIpc) is 3.90. The highest BCUT2D eigenvalue weighted by atomic mass is 79.9. The molecule has 5 aromatic heterocycles. The lowest BCUT2D eigenvalue weighted by atomic mass is 9.94. The van der Waals surface area contributed by atoms with Crippen LogP contribution in [0.25, 0.3) is 22.2 Å². The molecule has 0 N–H and O–H groups in total. The van der Waals surface area contributed by atoms with Crippen molar-refractivity contribution in [2.45, 2.75) is 84.0 Å². The van der Waals surface area contributed by atoms with Crippen molar-refractivity contribution in [2.24, 2.45) is 5.41 Å². The van der Waals surface area contributed by atoms with Gasteiger partial charge in [0.2, 0.25) is 5.91 Å². The molecular weight excluding hydrogens is 676 g/mol. The van der Waals surface area contributed by atoms with Crippen LogP contribution in [0.1, 0.15) is 71.8 Å². The fraction of sp³-hybridized carbons (Fsp3) is 0.412. The van der Waals surface area contributed by atoms with Gasteiger partial charge in [0.05, 0.1) is 47.8 Å². The molecule has 0 bridgehead atoms. The quantitative estimate of drug-likeness (QED) is 0.152. The Kier molecular flexibility index (Phi) is 7.31. The van der Waals surface area contributed by atoms with Crippen LogP contribution in [0, 0.1) is 19.3 Å². The maximum atomic E-state index is 14.3. The van der Waals surface area contributed by atoms with Crippen LogP contribution in [0.2, 0.25) is 0 Å². The number of likely N-dealkylation sites (tertiary alicyclic amines) is 1. The third-order valence-electron chi connectivity index (χ3n) is 9.95. The predicted octanol–water partition coefficient (Wildman–Crippen LogP) is 4.21. The zero-order valence-corrected chi connectivity index (χ0v) is 28.4. The number of carbonyl (C=O) groups excluding carboxylic acids is 3. The van der Waals surface area contributed by atoms with Gasteiger partial charge >= 0.3 is 0 Å². The third kappa shape index (κ3) is 5.51. The number of piperidine rings is 1. The number of pyridine rings is 2. The SMILES string of the molecule is CC(=O)c1nn(CC(=O)N2[C@H](C(=O)Cc3nc(Br)ccc3C)C[C@@]3(Cn4cc(C5CC5)nn4)C[C@@H]23)c2cnc(-c3cnc(C)nc3)cc12. The van der Waals surface area contributed by atoms with Gasteiger partial charge in [-0.2, -0.15) is 5.10 Å². The lowest BCUT2D eigenvalue weighted by Gasteiger charge is -2.27. The number of aryl methyl sites for hydroxylation is 2. The molecule has 1 amide bonds. The molecule has 6 heterocycles. The molecule has 14 heteroatoms. The maximum Gasteiger partial charge on any atom is 0.245 e. The monoisotopic (exact) mass is 708 g/mol. The molecule has 2 aliphatic carbocycles. The Hall–Kier alpha value is -4.72. The maximum absolute atomic E-state index is 14.3. The van der Waals surface area contributed by atoms with Crippen LogP contribution in [0.4, 0.5) is 0 Å². The lowest BCUT2D eigenvalue weighted by Crippen LogP contribution is -2.45. The van der Waals surface area contributed by atoms with Crippen LogP contribution in [-0.2, 0) is 29.1 Å². The van der Waals surface area contributed by atoms with E-state index in [1.54, 1.807) is 36.5 Å². The molecule has 5 aromatic rings. The van der Waals surface area contributed by atoms with Gasteiger partial charge in [0, 0.05) is 53.8 Å². The van der Waals surface area contributed by atoms with E-state index >= 15 is 0 Å². The average molecular weight is 710 g/mol. The molecule has 13 nitrogen and oxygen atoms in total. The number of halogens is 1. The van der Waals surface area contributed by atoms with E-state index in [4.69, 9.17) is 0 Å².